The summed E-state index contributed by atoms with van der Waals surface area (Å²) in [7, 11) is 2.87. The van der Waals surface area contributed by atoms with Gasteiger partial charge in [0.15, 0.2) is 23.1 Å². The van der Waals surface area contributed by atoms with Crippen LogP contribution in [0, 0.1) is 17.3 Å². The number of aromatic nitrogens is 3. The van der Waals surface area contributed by atoms with Gasteiger partial charge in [0.05, 0.1) is 37.9 Å². The number of hydrogen-bond acceptors (Lipinski definition) is 7. The molecule has 0 saturated heterocycles. The van der Waals surface area contributed by atoms with E-state index in [1.165, 1.54) is 29.7 Å². The van der Waals surface area contributed by atoms with Gasteiger partial charge in [0.2, 0.25) is 5.75 Å². The minimum Gasteiger partial charge on any atom is -0.502 e. The van der Waals surface area contributed by atoms with Crippen molar-refractivity contribution in [1.29, 1.82) is 0 Å². The second-order valence-corrected chi connectivity index (χ2v) is 11.1. The first-order chi connectivity index (χ1) is 20.1. The quantitative estimate of drug-likeness (QED) is 0.467. The molecule has 6 rings (SSSR count). The molecule has 1 fully saturated rings. The van der Waals surface area contributed by atoms with Crippen molar-refractivity contribution in [3.05, 3.63) is 98.4 Å². The highest BCUT2D eigenvalue weighted by Crippen LogP contribution is 2.56. The average molecular weight is 570 g/mol. The lowest BCUT2D eigenvalue weighted by atomic mass is 9.52. The van der Waals surface area contributed by atoms with Crippen LogP contribution >= 0.6 is 0 Å². The van der Waals surface area contributed by atoms with Gasteiger partial charge in [0.1, 0.15) is 0 Å². The van der Waals surface area contributed by atoms with Crippen molar-refractivity contribution in [2.75, 3.05) is 14.2 Å². The lowest BCUT2D eigenvalue weighted by Crippen LogP contribution is -2.55. The van der Waals surface area contributed by atoms with Gasteiger partial charge in [0.25, 0.3) is 0 Å². The van der Waals surface area contributed by atoms with Crippen LogP contribution in [0.25, 0.3) is 11.8 Å². The van der Waals surface area contributed by atoms with E-state index in [0.717, 1.165) is 10.1 Å². The summed E-state index contributed by atoms with van der Waals surface area (Å²) in [5.41, 5.74) is 0.214. The fourth-order valence-corrected chi connectivity index (χ4v) is 6.76. The number of ketones is 2. The Balaban J connectivity index is 1.52. The third-order valence-corrected chi connectivity index (χ3v) is 9.01. The topological polar surface area (TPSA) is 122 Å². The number of para-hydroxylation sites is 1. The van der Waals surface area contributed by atoms with Crippen molar-refractivity contribution in [2.24, 2.45) is 17.3 Å². The van der Waals surface area contributed by atoms with Gasteiger partial charge in [-0.15, -0.1) is 0 Å². The summed E-state index contributed by atoms with van der Waals surface area (Å²) in [4.78, 5) is 54.6. The van der Waals surface area contributed by atoms with Gasteiger partial charge < -0.3 is 14.6 Å². The van der Waals surface area contributed by atoms with Gasteiger partial charge in [-0.25, -0.2) is 23.5 Å². The van der Waals surface area contributed by atoms with Gasteiger partial charge in [-0.1, -0.05) is 43.4 Å². The van der Waals surface area contributed by atoms with Crippen LogP contribution in [0.4, 0.5) is 0 Å². The first-order valence-corrected chi connectivity index (χ1v) is 13.7. The van der Waals surface area contributed by atoms with Crippen LogP contribution in [0.1, 0.15) is 31.9 Å². The lowest BCUT2D eigenvalue weighted by Gasteiger charge is -2.51. The van der Waals surface area contributed by atoms with Crippen LogP contribution in [-0.2, 0) is 16.1 Å². The maximum atomic E-state index is 13.8. The van der Waals surface area contributed by atoms with E-state index in [-0.39, 0.29) is 41.8 Å². The van der Waals surface area contributed by atoms with Crippen molar-refractivity contribution in [2.45, 2.75) is 32.9 Å². The number of carbonyl (C=O) groups is 2. The van der Waals surface area contributed by atoms with E-state index in [0.29, 0.717) is 16.8 Å². The highest BCUT2D eigenvalue weighted by atomic mass is 16.5. The molecule has 2 aromatic carbocycles. The molecule has 42 heavy (non-hydrogen) atoms. The smallest absolute Gasteiger partial charge is 0.352 e. The molecule has 4 atom stereocenters. The molecule has 1 aromatic heterocycles. The van der Waals surface area contributed by atoms with Gasteiger partial charge >= 0.3 is 11.4 Å². The van der Waals surface area contributed by atoms with Crippen LogP contribution in [-0.4, -0.2) is 44.8 Å². The van der Waals surface area contributed by atoms with Gasteiger partial charge in [0, 0.05) is 11.8 Å². The first-order valence-electron chi connectivity index (χ1n) is 13.7. The summed E-state index contributed by atoms with van der Waals surface area (Å²) in [5.74, 6) is -1.26. The van der Waals surface area contributed by atoms with Gasteiger partial charge in [-0.3, -0.25) is 9.59 Å². The number of methoxy groups -OCH3 is 2. The van der Waals surface area contributed by atoms with Crippen LogP contribution in [0.15, 0.2) is 81.4 Å². The largest absolute Gasteiger partial charge is 0.502 e. The summed E-state index contributed by atoms with van der Waals surface area (Å²) >= 11 is 0. The Morgan fingerprint density at radius 3 is 2.31 bits per heavy atom. The van der Waals surface area contributed by atoms with Crippen LogP contribution in [0.5, 0.6) is 17.2 Å². The fraction of sp³-hybridized carbons (Fsp3) is 0.312. The van der Waals surface area contributed by atoms with Crippen molar-refractivity contribution in [1.82, 2.24) is 13.9 Å². The summed E-state index contributed by atoms with van der Waals surface area (Å²) in [6, 6.07) is 11.4. The molecule has 0 amide bonds. The molecular formula is C32H31N3O7. The Labute approximate surface area is 241 Å². The summed E-state index contributed by atoms with van der Waals surface area (Å²) in [5, 5.41) is 10.4. The molecule has 1 aliphatic heterocycles. The molecule has 1 N–H and O–H groups in total. The maximum Gasteiger partial charge on any atom is 0.352 e. The zero-order valence-corrected chi connectivity index (χ0v) is 23.7. The fourth-order valence-electron chi connectivity index (χ4n) is 6.76. The number of Topliss-reactive ketones (excluding diaryl/α,β-unsaturated/α-hetero) is 1. The molecule has 3 aromatic rings. The molecule has 1 saturated carbocycles. The number of benzene rings is 2. The molecule has 0 radical (unpaired) electrons. The zero-order chi connectivity index (χ0) is 29.9. The first kappa shape index (κ1) is 27.3. The lowest BCUT2D eigenvalue weighted by molar-refractivity contribution is -0.140. The molecular weight excluding hydrogens is 538 g/mol. The highest BCUT2D eigenvalue weighted by molar-refractivity contribution is 6.12. The molecule has 0 bridgehead atoms. The van der Waals surface area contributed by atoms with E-state index in [9.17, 15) is 24.3 Å². The van der Waals surface area contributed by atoms with Crippen LogP contribution < -0.4 is 20.9 Å². The highest BCUT2D eigenvalue weighted by Gasteiger charge is 2.58. The van der Waals surface area contributed by atoms with Crippen molar-refractivity contribution in [3.8, 4) is 22.9 Å². The predicted molar refractivity (Wildman–Crippen MR) is 155 cm³/mol. The summed E-state index contributed by atoms with van der Waals surface area (Å²) < 4.78 is 14.6. The van der Waals surface area contributed by atoms with Crippen molar-refractivity contribution < 1.29 is 24.2 Å². The van der Waals surface area contributed by atoms with Crippen LogP contribution in [0.2, 0.25) is 0 Å². The Bertz CT molecular complexity index is 1810. The number of ether oxygens (including phenoxy) is 2. The number of phenolic OH excluding ortho intramolecular Hbond substituents is 1. The monoisotopic (exact) mass is 569 g/mol. The van der Waals surface area contributed by atoms with Gasteiger partial charge in [-0.05, 0) is 60.4 Å². The molecule has 2 heterocycles. The van der Waals surface area contributed by atoms with E-state index in [4.69, 9.17) is 9.47 Å². The minimum absolute atomic E-state index is 0.133. The molecule has 0 spiro atoms. The van der Waals surface area contributed by atoms with E-state index < -0.39 is 34.7 Å². The Morgan fingerprint density at radius 1 is 1.00 bits per heavy atom. The van der Waals surface area contributed by atoms with Crippen molar-refractivity contribution >= 4 is 17.6 Å². The van der Waals surface area contributed by atoms with E-state index in [2.05, 4.69) is 0 Å². The second-order valence-electron chi connectivity index (χ2n) is 11.1. The zero-order valence-electron chi connectivity index (χ0n) is 23.7. The van der Waals surface area contributed by atoms with Crippen molar-refractivity contribution in [3.63, 3.8) is 0 Å². The molecule has 10 heteroatoms. The SMILES string of the molecule is COc1cc(C=C[C@H]2C3=CCn4c(=O)n(-c5ccccc5)c(=O)n4[C@@H]3C[C@H]3C(=O)C(C)=CC(=O)[C@@]23C)cc(OC)c1O. The third kappa shape index (κ3) is 3.85. The normalized spacial score (nSPS) is 24.9. The Morgan fingerprint density at radius 2 is 1.67 bits per heavy atom. The van der Waals surface area contributed by atoms with E-state index in [1.807, 2.05) is 25.1 Å². The minimum atomic E-state index is -1.10. The van der Waals surface area contributed by atoms with Gasteiger partial charge in [-0.2, -0.15) is 0 Å². The van der Waals surface area contributed by atoms with Crippen LogP contribution in [0.3, 0.4) is 0 Å². The number of rotatable bonds is 5. The summed E-state index contributed by atoms with van der Waals surface area (Å²) in [6.45, 7) is 3.59. The molecule has 0 unspecified atom stereocenters. The number of fused-ring (bicyclic) bond motifs is 4. The number of allylic oxidation sites excluding steroid dienone is 5. The number of nitrogens with zero attached hydrogens (tertiary/aromatic N) is 3. The summed E-state index contributed by atoms with van der Waals surface area (Å²) in [6.07, 6.45) is 7.19. The number of carbonyl (C=O) groups excluding carboxylic acids is 2. The standard InChI is InChI=1S/C32H31N3O7/c1-18-14-27(36)32(2)22(11-10-19-15-25(41-3)29(38)26(16-19)42-4)21-12-13-33-30(39)34(20-8-6-5-7-9-20)31(40)35(33)24(21)17-23(32)28(18)37/h5-12,14-16,22-24,38H,13,17H2,1-4H3/t22-,23-,24+,32-/m0/s1. The predicted octanol–water partition coefficient (Wildman–Crippen LogP) is 3.46. The molecule has 3 aliphatic rings. The number of phenols is 1. The molecule has 216 valence electrons. The molecule has 10 nitrogen and oxygen atoms in total. The Kier molecular flexibility index (Phi) is 6.44. The third-order valence-electron chi connectivity index (χ3n) is 9.01. The Hall–Kier alpha value is -4.86. The maximum absolute atomic E-state index is 13.8. The molecule has 2 aliphatic carbocycles. The van der Waals surface area contributed by atoms with E-state index >= 15 is 0 Å². The number of aromatic hydroxyl groups is 1. The second kappa shape index (κ2) is 9.90. The number of hydrogen-bond donors (Lipinski definition) is 1. The van der Waals surface area contributed by atoms with E-state index in [1.54, 1.807) is 49.4 Å². The average Bonchev–Trinajstić information content (AvgIpc) is 3.25.